The standard InChI is InChI=1S/C21H27ClN4O2S/c1-26(2)21(28)18(9-14-5-3-4-6-14)25-20(27)19-8-7-17(29-19)13-24-16-10-15(22)11-23-12-16/h7-8,10-12,14,18,24H,3-6,9,13H2,1-2H3,(H,25,27)/t18-/m0/s1. The van der Waals surface area contributed by atoms with Crippen molar-refractivity contribution in [1.82, 2.24) is 15.2 Å². The van der Waals surface area contributed by atoms with Gasteiger partial charge < -0.3 is 15.5 Å². The number of halogens is 1. The summed E-state index contributed by atoms with van der Waals surface area (Å²) in [4.78, 5) is 32.6. The molecule has 2 heterocycles. The van der Waals surface area contributed by atoms with E-state index in [0.717, 1.165) is 23.4 Å². The van der Waals surface area contributed by atoms with Gasteiger partial charge in [0.15, 0.2) is 0 Å². The predicted octanol–water partition coefficient (Wildman–Crippen LogP) is 4.18. The van der Waals surface area contributed by atoms with Crippen molar-refractivity contribution in [3.63, 3.8) is 0 Å². The van der Waals surface area contributed by atoms with Crippen LogP contribution in [0.1, 0.15) is 46.7 Å². The molecule has 1 atom stereocenters. The highest BCUT2D eigenvalue weighted by molar-refractivity contribution is 7.14. The van der Waals surface area contributed by atoms with E-state index in [-0.39, 0.29) is 11.8 Å². The van der Waals surface area contributed by atoms with Gasteiger partial charge in [-0.3, -0.25) is 14.6 Å². The molecule has 0 bridgehead atoms. The van der Waals surface area contributed by atoms with Crippen molar-refractivity contribution in [1.29, 1.82) is 0 Å². The minimum absolute atomic E-state index is 0.0443. The summed E-state index contributed by atoms with van der Waals surface area (Å²) in [5, 5.41) is 6.79. The Kier molecular flexibility index (Phi) is 7.50. The van der Waals surface area contributed by atoms with Gasteiger partial charge in [0.1, 0.15) is 6.04 Å². The van der Waals surface area contributed by atoms with E-state index in [0.29, 0.717) is 28.8 Å². The van der Waals surface area contributed by atoms with Gasteiger partial charge in [-0.2, -0.15) is 0 Å². The molecule has 1 fully saturated rings. The maximum Gasteiger partial charge on any atom is 0.262 e. The van der Waals surface area contributed by atoms with Gasteiger partial charge in [0.25, 0.3) is 5.91 Å². The van der Waals surface area contributed by atoms with Crippen LogP contribution in [0, 0.1) is 5.92 Å². The fourth-order valence-electron chi connectivity index (χ4n) is 3.63. The largest absolute Gasteiger partial charge is 0.379 e. The smallest absolute Gasteiger partial charge is 0.262 e. The molecular weight excluding hydrogens is 408 g/mol. The van der Waals surface area contributed by atoms with E-state index in [1.807, 2.05) is 6.07 Å². The number of amides is 2. The van der Waals surface area contributed by atoms with Crippen molar-refractivity contribution in [3.05, 3.63) is 45.4 Å². The van der Waals surface area contributed by atoms with E-state index in [9.17, 15) is 9.59 Å². The summed E-state index contributed by atoms with van der Waals surface area (Å²) in [6, 6.07) is 5.06. The number of hydrogen-bond acceptors (Lipinski definition) is 5. The van der Waals surface area contributed by atoms with Crippen molar-refractivity contribution in [2.75, 3.05) is 19.4 Å². The molecule has 0 aliphatic heterocycles. The highest BCUT2D eigenvalue weighted by atomic mass is 35.5. The molecule has 6 nitrogen and oxygen atoms in total. The SMILES string of the molecule is CN(C)C(=O)[C@H](CC1CCCC1)NC(=O)c1ccc(CNc2cncc(Cl)c2)s1. The number of carbonyl (C=O) groups excluding carboxylic acids is 2. The van der Waals surface area contributed by atoms with Crippen LogP contribution in [0.25, 0.3) is 0 Å². The van der Waals surface area contributed by atoms with Gasteiger partial charge in [-0.05, 0) is 30.5 Å². The van der Waals surface area contributed by atoms with Crippen LogP contribution >= 0.6 is 22.9 Å². The summed E-state index contributed by atoms with van der Waals surface area (Å²) < 4.78 is 0. The van der Waals surface area contributed by atoms with Crippen LogP contribution in [0.4, 0.5) is 5.69 Å². The number of pyridine rings is 1. The lowest BCUT2D eigenvalue weighted by Crippen LogP contribution is -2.46. The molecule has 2 aromatic heterocycles. The third-order valence-electron chi connectivity index (χ3n) is 5.15. The number of nitrogens with zero attached hydrogens (tertiary/aromatic N) is 2. The predicted molar refractivity (Wildman–Crippen MR) is 117 cm³/mol. The fourth-order valence-corrected chi connectivity index (χ4v) is 4.66. The molecule has 29 heavy (non-hydrogen) atoms. The zero-order valence-electron chi connectivity index (χ0n) is 16.8. The number of hydrogen-bond donors (Lipinski definition) is 2. The van der Waals surface area contributed by atoms with Crippen LogP contribution in [0.3, 0.4) is 0 Å². The van der Waals surface area contributed by atoms with E-state index in [4.69, 9.17) is 11.6 Å². The zero-order valence-corrected chi connectivity index (χ0v) is 18.4. The van der Waals surface area contributed by atoms with Crippen molar-refractivity contribution in [2.45, 2.75) is 44.7 Å². The van der Waals surface area contributed by atoms with Crippen LogP contribution in [0.2, 0.25) is 5.02 Å². The third-order valence-corrected chi connectivity index (χ3v) is 6.44. The van der Waals surface area contributed by atoms with E-state index in [1.165, 1.54) is 24.2 Å². The molecule has 1 aliphatic carbocycles. The lowest BCUT2D eigenvalue weighted by molar-refractivity contribution is -0.131. The first-order valence-corrected chi connectivity index (χ1v) is 11.1. The van der Waals surface area contributed by atoms with Gasteiger partial charge in [0.05, 0.1) is 21.8 Å². The minimum atomic E-state index is -0.471. The van der Waals surface area contributed by atoms with Crippen molar-refractivity contribution in [2.24, 2.45) is 5.92 Å². The van der Waals surface area contributed by atoms with Gasteiger partial charge in [-0.25, -0.2) is 0 Å². The lowest BCUT2D eigenvalue weighted by atomic mass is 9.97. The number of likely N-dealkylation sites (N-methyl/N-ethyl adjacent to an activating group) is 1. The summed E-state index contributed by atoms with van der Waals surface area (Å²) in [6.07, 6.45) is 8.70. The van der Waals surface area contributed by atoms with Crippen LogP contribution < -0.4 is 10.6 Å². The molecular formula is C21H27ClN4O2S. The lowest BCUT2D eigenvalue weighted by Gasteiger charge is -2.24. The van der Waals surface area contributed by atoms with Gasteiger partial charge in [-0.1, -0.05) is 37.3 Å². The first kappa shape index (κ1) is 21.6. The Hall–Kier alpha value is -2.12. The molecule has 2 aromatic rings. The third kappa shape index (κ3) is 6.18. The van der Waals surface area contributed by atoms with Crippen LogP contribution in [0.15, 0.2) is 30.6 Å². The van der Waals surface area contributed by atoms with Crippen LogP contribution in [-0.2, 0) is 11.3 Å². The number of thiophene rings is 1. The fraction of sp³-hybridized carbons (Fsp3) is 0.476. The maximum absolute atomic E-state index is 12.8. The summed E-state index contributed by atoms with van der Waals surface area (Å²) in [7, 11) is 3.46. The summed E-state index contributed by atoms with van der Waals surface area (Å²) in [5.74, 6) is 0.277. The quantitative estimate of drug-likeness (QED) is 0.653. The Balaban J connectivity index is 1.60. The summed E-state index contributed by atoms with van der Waals surface area (Å²) in [5.41, 5.74) is 0.824. The molecule has 1 aliphatic rings. The molecule has 1 saturated carbocycles. The first-order chi connectivity index (χ1) is 13.9. The second-order valence-corrected chi connectivity index (χ2v) is 9.26. The van der Waals surface area contributed by atoms with E-state index >= 15 is 0 Å². The van der Waals surface area contributed by atoms with E-state index in [1.54, 1.807) is 43.5 Å². The Morgan fingerprint density at radius 3 is 2.72 bits per heavy atom. The molecule has 0 aromatic carbocycles. The second kappa shape index (κ2) is 10.1. The highest BCUT2D eigenvalue weighted by Crippen LogP contribution is 2.29. The van der Waals surface area contributed by atoms with Crippen LogP contribution in [-0.4, -0.2) is 41.8 Å². The normalized spacial score (nSPS) is 15.1. The maximum atomic E-state index is 12.8. The van der Waals surface area contributed by atoms with E-state index in [2.05, 4.69) is 15.6 Å². The number of nitrogens with one attached hydrogen (secondary N) is 2. The number of anilines is 1. The molecule has 2 amide bonds. The Labute approximate surface area is 180 Å². The molecule has 8 heteroatoms. The molecule has 156 valence electrons. The van der Waals surface area contributed by atoms with Crippen molar-refractivity contribution < 1.29 is 9.59 Å². The summed E-state index contributed by atoms with van der Waals surface area (Å²) in [6.45, 7) is 0.572. The summed E-state index contributed by atoms with van der Waals surface area (Å²) >= 11 is 7.36. The molecule has 3 rings (SSSR count). The Morgan fingerprint density at radius 2 is 2.03 bits per heavy atom. The average Bonchev–Trinajstić information content (AvgIpc) is 3.37. The van der Waals surface area contributed by atoms with Gasteiger partial charge >= 0.3 is 0 Å². The van der Waals surface area contributed by atoms with Crippen molar-refractivity contribution >= 4 is 40.4 Å². The molecule has 0 spiro atoms. The minimum Gasteiger partial charge on any atom is -0.379 e. The molecule has 2 N–H and O–H groups in total. The monoisotopic (exact) mass is 434 g/mol. The topological polar surface area (TPSA) is 74.3 Å². The first-order valence-electron chi connectivity index (χ1n) is 9.87. The zero-order chi connectivity index (χ0) is 20.8. The number of rotatable bonds is 8. The molecule has 0 saturated heterocycles. The molecule has 0 unspecified atom stereocenters. The van der Waals surface area contributed by atoms with E-state index < -0.39 is 6.04 Å². The van der Waals surface area contributed by atoms with Gasteiger partial charge in [-0.15, -0.1) is 11.3 Å². The Morgan fingerprint density at radius 1 is 1.28 bits per heavy atom. The molecule has 0 radical (unpaired) electrons. The highest BCUT2D eigenvalue weighted by Gasteiger charge is 2.28. The van der Waals surface area contributed by atoms with Crippen molar-refractivity contribution in [3.8, 4) is 0 Å². The van der Waals surface area contributed by atoms with Crippen LogP contribution in [0.5, 0.6) is 0 Å². The number of aromatic nitrogens is 1. The van der Waals surface area contributed by atoms with Gasteiger partial charge in [0.2, 0.25) is 5.91 Å². The second-order valence-electron chi connectivity index (χ2n) is 7.66. The van der Waals surface area contributed by atoms with Gasteiger partial charge in [0, 0.05) is 31.7 Å². The number of carbonyl (C=O) groups is 2. The average molecular weight is 435 g/mol. The Bertz CT molecular complexity index is 849.